The van der Waals surface area contributed by atoms with E-state index in [1.54, 1.807) is 6.07 Å². The van der Waals surface area contributed by atoms with Crippen molar-refractivity contribution in [2.45, 2.75) is 25.8 Å². The van der Waals surface area contributed by atoms with Crippen molar-refractivity contribution in [3.8, 4) is 0 Å². The molecule has 1 aliphatic rings. The minimum absolute atomic E-state index is 0.115. The van der Waals surface area contributed by atoms with Crippen LogP contribution < -0.4 is 5.32 Å². The zero-order valence-electron chi connectivity index (χ0n) is 8.72. The molecule has 0 atom stereocenters. The van der Waals surface area contributed by atoms with Gasteiger partial charge in [-0.1, -0.05) is 23.7 Å². The number of Topliss-reactive ketones (excluding diaryl/α,β-unsaturated/α-hetero) is 1. The monoisotopic (exact) mass is 223 g/mol. The molecule has 0 aliphatic heterocycles. The van der Waals surface area contributed by atoms with Gasteiger partial charge in [0.15, 0.2) is 5.78 Å². The summed E-state index contributed by atoms with van der Waals surface area (Å²) in [5.74, 6) is 0.115. The molecule has 3 heteroatoms. The molecule has 1 aliphatic carbocycles. The topological polar surface area (TPSA) is 29.1 Å². The number of ketones is 1. The van der Waals surface area contributed by atoms with Crippen molar-refractivity contribution in [3.05, 3.63) is 34.3 Å². The van der Waals surface area contributed by atoms with Crippen LogP contribution in [0.25, 0.3) is 0 Å². The van der Waals surface area contributed by atoms with Crippen molar-refractivity contribution >= 4 is 17.4 Å². The highest BCUT2D eigenvalue weighted by Crippen LogP contribution is 2.19. The van der Waals surface area contributed by atoms with E-state index in [2.05, 4.69) is 5.32 Å². The van der Waals surface area contributed by atoms with E-state index < -0.39 is 0 Å². The normalized spacial score (nSPS) is 15.3. The summed E-state index contributed by atoms with van der Waals surface area (Å²) in [6, 6.07) is 6.02. The molecule has 15 heavy (non-hydrogen) atoms. The maximum Gasteiger partial charge on any atom is 0.176 e. The summed E-state index contributed by atoms with van der Waals surface area (Å²) in [4.78, 5) is 11.7. The molecule has 1 N–H and O–H groups in total. The van der Waals surface area contributed by atoms with Crippen LogP contribution >= 0.6 is 11.6 Å². The van der Waals surface area contributed by atoms with Crippen LogP contribution in [0.2, 0.25) is 5.02 Å². The number of nitrogens with one attached hydrogen (secondary N) is 1. The van der Waals surface area contributed by atoms with Crippen LogP contribution in [0.3, 0.4) is 0 Å². The van der Waals surface area contributed by atoms with Crippen LogP contribution in [-0.4, -0.2) is 18.4 Å². The Bertz CT molecular complexity index is 385. The fourth-order valence-corrected chi connectivity index (χ4v) is 1.57. The first-order valence-corrected chi connectivity index (χ1v) is 5.57. The first kappa shape index (κ1) is 10.7. The molecule has 1 fully saturated rings. The smallest absolute Gasteiger partial charge is 0.176 e. The molecule has 0 heterocycles. The molecule has 0 unspecified atom stereocenters. The molecular weight excluding hydrogens is 210 g/mol. The lowest BCUT2D eigenvalue weighted by Crippen LogP contribution is -2.24. The second-order valence-corrected chi connectivity index (χ2v) is 4.45. The molecule has 0 amide bonds. The lowest BCUT2D eigenvalue weighted by Gasteiger charge is -2.04. The van der Waals surface area contributed by atoms with Crippen LogP contribution in [-0.2, 0) is 0 Å². The Balaban J connectivity index is 2.00. The molecular formula is C12H14ClNO. The summed E-state index contributed by atoms with van der Waals surface area (Å²) in [6.45, 7) is 2.35. The number of hydrogen-bond donors (Lipinski definition) is 1. The quantitative estimate of drug-likeness (QED) is 0.795. The zero-order valence-corrected chi connectivity index (χ0v) is 9.47. The van der Waals surface area contributed by atoms with Crippen molar-refractivity contribution in [2.75, 3.05) is 6.54 Å². The molecule has 1 aromatic rings. The van der Waals surface area contributed by atoms with E-state index in [1.165, 1.54) is 12.8 Å². The second-order valence-electron chi connectivity index (χ2n) is 4.04. The standard InChI is InChI=1S/C12H14ClNO/c1-8-2-3-9(6-11(8)13)12(15)7-14-10-4-5-10/h2-3,6,10,14H,4-5,7H2,1H3. The third kappa shape index (κ3) is 2.80. The SMILES string of the molecule is Cc1ccc(C(=O)CNC2CC2)cc1Cl. The summed E-state index contributed by atoms with van der Waals surface area (Å²) >= 11 is 5.96. The predicted octanol–water partition coefficient (Wildman–Crippen LogP) is 2.58. The number of aryl methyl sites for hydroxylation is 1. The number of hydrogen-bond acceptors (Lipinski definition) is 2. The summed E-state index contributed by atoms with van der Waals surface area (Å²) in [5.41, 5.74) is 1.70. The van der Waals surface area contributed by atoms with Gasteiger partial charge in [0.2, 0.25) is 0 Å². The molecule has 0 aromatic heterocycles. The van der Waals surface area contributed by atoms with Crippen molar-refractivity contribution in [1.82, 2.24) is 5.32 Å². The van der Waals surface area contributed by atoms with Crippen LogP contribution in [0.1, 0.15) is 28.8 Å². The zero-order chi connectivity index (χ0) is 10.8. The Morgan fingerprint density at radius 1 is 1.53 bits per heavy atom. The Hall–Kier alpha value is -0.860. The van der Waals surface area contributed by atoms with E-state index in [1.807, 2.05) is 19.1 Å². The third-order valence-electron chi connectivity index (χ3n) is 2.62. The lowest BCUT2D eigenvalue weighted by molar-refractivity contribution is 0.0990. The van der Waals surface area contributed by atoms with Gasteiger partial charge in [-0.05, 0) is 31.4 Å². The first-order valence-electron chi connectivity index (χ1n) is 5.19. The van der Waals surface area contributed by atoms with Gasteiger partial charge in [0.1, 0.15) is 0 Å². The van der Waals surface area contributed by atoms with E-state index in [-0.39, 0.29) is 5.78 Å². The highest BCUT2D eigenvalue weighted by Gasteiger charge is 2.21. The Labute approximate surface area is 94.6 Å². The van der Waals surface area contributed by atoms with Gasteiger partial charge < -0.3 is 5.32 Å². The van der Waals surface area contributed by atoms with E-state index >= 15 is 0 Å². The molecule has 0 saturated heterocycles. The van der Waals surface area contributed by atoms with Crippen LogP contribution in [0.5, 0.6) is 0 Å². The van der Waals surface area contributed by atoms with E-state index in [0.29, 0.717) is 23.2 Å². The minimum Gasteiger partial charge on any atom is -0.307 e. The maximum absolute atomic E-state index is 11.7. The molecule has 0 radical (unpaired) electrons. The van der Waals surface area contributed by atoms with Gasteiger partial charge in [0.25, 0.3) is 0 Å². The molecule has 1 saturated carbocycles. The number of carbonyl (C=O) groups is 1. The minimum atomic E-state index is 0.115. The van der Waals surface area contributed by atoms with Crippen molar-refractivity contribution in [2.24, 2.45) is 0 Å². The molecule has 2 rings (SSSR count). The number of carbonyl (C=O) groups excluding carboxylic acids is 1. The predicted molar refractivity (Wildman–Crippen MR) is 61.5 cm³/mol. The average molecular weight is 224 g/mol. The maximum atomic E-state index is 11.7. The average Bonchev–Trinajstić information content (AvgIpc) is 3.02. The van der Waals surface area contributed by atoms with Crippen molar-refractivity contribution in [1.29, 1.82) is 0 Å². The fourth-order valence-electron chi connectivity index (χ4n) is 1.39. The van der Waals surface area contributed by atoms with Gasteiger partial charge in [-0.25, -0.2) is 0 Å². The molecule has 0 spiro atoms. The fraction of sp³-hybridized carbons (Fsp3) is 0.417. The van der Waals surface area contributed by atoms with E-state index in [4.69, 9.17) is 11.6 Å². The van der Waals surface area contributed by atoms with Crippen LogP contribution in [0.15, 0.2) is 18.2 Å². The Kier molecular flexibility index (Phi) is 3.08. The lowest BCUT2D eigenvalue weighted by atomic mass is 10.1. The highest BCUT2D eigenvalue weighted by atomic mass is 35.5. The number of benzene rings is 1. The van der Waals surface area contributed by atoms with Gasteiger partial charge in [0.05, 0.1) is 6.54 Å². The van der Waals surface area contributed by atoms with E-state index in [0.717, 1.165) is 5.56 Å². The number of rotatable bonds is 4. The molecule has 2 nitrogen and oxygen atoms in total. The van der Waals surface area contributed by atoms with E-state index in [9.17, 15) is 4.79 Å². The summed E-state index contributed by atoms with van der Waals surface area (Å²) < 4.78 is 0. The van der Waals surface area contributed by atoms with Gasteiger partial charge in [-0.3, -0.25) is 4.79 Å². The third-order valence-corrected chi connectivity index (χ3v) is 3.03. The highest BCUT2D eigenvalue weighted by molar-refractivity contribution is 6.31. The van der Waals surface area contributed by atoms with Crippen LogP contribution in [0.4, 0.5) is 0 Å². The van der Waals surface area contributed by atoms with Gasteiger partial charge in [0, 0.05) is 16.6 Å². The molecule has 80 valence electrons. The Morgan fingerprint density at radius 3 is 2.87 bits per heavy atom. The van der Waals surface area contributed by atoms with Gasteiger partial charge >= 0.3 is 0 Å². The van der Waals surface area contributed by atoms with Crippen molar-refractivity contribution < 1.29 is 4.79 Å². The Morgan fingerprint density at radius 2 is 2.27 bits per heavy atom. The largest absolute Gasteiger partial charge is 0.307 e. The summed E-state index contributed by atoms with van der Waals surface area (Å²) in [6.07, 6.45) is 2.39. The van der Waals surface area contributed by atoms with Gasteiger partial charge in [-0.2, -0.15) is 0 Å². The first-order chi connectivity index (χ1) is 7.16. The van der Waals surface area contributed by atoms with Crippen molar-refractivity contribution in [3.63, 3.8) is 0 Å². The second kappa shape index (κ2) is 4.33. The molecule has 1 aromatic carbocycles. The molecule has 0 bridgehead atoms. The summed E-state index contributed by atoms with van der Waals surface area (Å²) in [7, 11) is 0. The number of halogens is 1. The van der Waals surface area contributed by atoms with Crippen LogP contribution in [0, 0.1) is 6.92 Å². The van der Waals surface area contributed by atoms with Gasteiger partial charge in [-0.15, -0.1) is 0 Å². The summed E-state index contributed by atoms with van der Waals surface area (Å²) in [5, 5.41) is 3.86.